The largest absolute Gasteiger partial charge is 0.383 e. The van der Waals surface area contributed by atoms with Crippen molar-refractivity contribution in [1.29, 1.82) is 0 Å². The fourth-order valence-electron chi connectivity index (χ4n) is 2.07. The molecule has 0 aliphatic carbocycles. The van der Waals surface area contributed by atoms with Gasteiger partial charge in [-0.2, -0.15) is 0 Å². The van der Waals surface area contributed by atoms with Crippen LogP contribution in [0.15, 0.2) is 23.4 Å². The van der Waals surface area contributed by atoms with E-state index in [4.69, 9.17) is 4.74 Å². The number of rotatable bonds is 7. The maximum atomic E-state index is 11.8. The molecule has 6 nitrogen and oxygen atoms in total. The number of hydrogen-bond acceptors (Lipinski definition) is 5. The highest BCUT2D eigenvalue weighted by Crippen LogP contribution is 2.23. The van der Waals surface area contributed by atoms with Crippen LogP contribution in [0.1, 0.15) is 17.0 Å². The minimum absolute atomic E-state index is 0.0423. The van der Waals surface area contributed by atoms with Crippen LogP contribution >= 0.6 is 11.8 Å². The summed E-state index contributed by atoms with van der Waals surface area (Å²) in [7, 11) is 1.61. The van der Waals surface area contributed by atoms with Crippen LogP contribution in [-0.2, 0) is 9.53 Å². The summed E-state index contributed by atoms with van der Waals surface area (Å²) in [5, 5.41) is 11.8. The van der Waals surface area contributed by atoms with Crippen molar-refractivity contribution >= 4 is 17.7 Å². The van der Waals surface area contributed by atoms with Gasteiger partial charge in [0.05, 0.1) is 12.4 Å². The van der Waals surface area contributed by atoms with Gasteiger partial charge in [-0.3, -0.25) is 9.36 Å². The predicted molar refractivity (Wildman–Crippen MR) is 91.2 cm³/mol. The van der Waals surface area contributed by atoms with Gasteiger partial charge in [0.25, 0.3) is 0 Å². The molecule has 0 saturated heterocycles. The van der Waals surface area contributed by atoms with Crippen molar-refractivity contribution in [1.82, 2.24) is 20.1 Å². The highest BCUT2D eigenvalue weighted by molar-refractivity contribution is 7.99. The Morgan fingerprint density at radius 3 is 2.74 bits per heavy atom. The standard InChI is InChI=1S/C16H22N4O2S/c1-11-5-6-14(9-12(11)2)20-13(3)18-19-16(20)23-10-15(21)17-7-8-22-4/h5-6,9H,7-8,10H2,1-4H3,(H,17,21). The number of benzene rings is 1. The van der Waals surface area contributed by atoms with E-state index in [2.05, 4.69) is 41.5 Å². The molecule has 0 saturated carbocycles. The molecule has 0 atom stereocenters. The summed E-state index contributed by atoms with van der Waals surface area (Å²) in [6.45, 7) is 7.09. The van der Waals surface area contributed by atoms with E-state index in [1.54, 1.807) is 7.11 Å². The van der Waals surface area contributed by atoms with E-state index in [1.807, 2.05) is 17.6 Å². The molecule has 0 aliphatic rings. The second kappa shape index (κ2) is 8.12. The molecule has 2 rings (SSSR count). The molecule has 0 radical (unpaired) electrons. The number of nitrogens with one attached hydrogen (secondary N) is 1. The van der Waals surface area contributed by atoms with Crippen LogP contribution in [0, 0.1) is 20.8 Å². The van der Waals surface area contributed by atoms with E-state index >= 15 is 0 Å². The van der Waals surface area contributed by atoms with E-state index < -0.39 is 0 Å². The third-order valence-electron chi connectivity index (χ3n) is 3.50. The Morgan fingerprint density at radius 2 is 2.04 bits per heavy atom. The zero-order valence-electron chi connectivity index (χ0n) is 13.9. The Balaban J connectivity index is 2.09. The number of thioether (sulfide) groups is 1. The molecule has 124 valence electrons. The predicted octanol–water partition coefficient (Wildman–Crippen LogP) is 2.05. The van der Waals surface area contributed by atoms with E-state index in [0.29, 0.717) is 24.1 Å². The van der Waals surface area contributed by atoms with Crippen molar-refractivity contribution in [3.63, 3.8) is 0 Å². The summed E-state index contributed by atoms with van der Waals surface area (Å²) in [6.07, 6.45) is 0. The Kier molecular flexibility index (Phi) is 6.18. The second-order valence-corrected chi connectivity index (χ2v) is 6.21. The zero-order chi connectivity index (χ0) is 16.8. The van der Waals surface area contributed by atoms with E-state index in [0.717, 1.165) is 11.5 Å². The summed E-state index contributed by atoms with van der Waals surface area (Å²) in [5.74, 6) is 1.06. The Bertz CT molecular complexity index is 685. The summed E-state index contributed by atoms with van der Waals surface area (Å²) in [5.41, 5.74) is 3.47. The monoisotopic (exact) mass is 334 g/mol. The number of methoxy groups -OCH3 is 1. The second-order valence-electron chi connectivity index (χ2n) is 5.27. The van der Waals surface area contributed by atoms with Crippen LogP contribution in [0.2, 0.25) is 0 Å². The molecule has 1 heterocycles. The molecular formula is C16H22N4O2S. The number of aryl methyl sites for hydroxylation is 3. The molecule has 1 amide bonds. The van der Waals surface area contributed by atoms with Crippen LogP contribution in [-0.4, -0.2) is 46.7 Å². The summed E-state index contributed by atoms with van der Waals surface area (Å²) < 4.78 is 6.88. The summed E-state index contributed by atoms with van der Waals surface area (Å²) in [4.78, 5) is 11.8. The number of amides is 1. The first-order valence-electron chi connectivity index (χ1n) is 7.41. The lowest BCUT2D eigenvalue weighted by molar-refractivity contribution is -0.118. The molecule has 1 N–H and O–H groups in total. The number of carbonyl (C=O) groups excluding carboxylic acids is 1. The molecule has 0 unspecified atom stereocenters. The van der Waals surface area contributed by atoms with Gasteiger partial charge >= 0.3 is 0 Å². The van der Waals surface area contributed by atoms with Crippen molar-refractivity contribution in [2.75, 3.05) is 26.0 Å². The average molecular weight is 334 g/mol. The first kappa shape index (κ1) is 17.5. The fourth-order valence-corrected chi connectivity index (χ4v) is 2.90. The topological polar surface area (TPSA) is 69.0 Å². The normalized spacial score (nSPS) is 10.8. The van der Waals surface area contributed by atoms with Crippen molar-refractivity contribution in [3.05, 3.63) is 35.2 Å². The maximum Gasteiger partial charge on any atom is 0.230 e. The Labute approximate surface area is 140 Å². The van der Waals surface area contributed by atoms with Crippen molar-refractivity contribution in [2.24, 2.45) is 0 Å². The van der Waals surface area contributed by atoms with E-state index in [-0.39, 0.29) is 5.91 Å². The van der Waals surface area contributed by atoms with Gasteiger partial charge in [0.1, 0.15) is 5.82 Å². The molecule has 7 heteroatoms. The van der Waals surface area contributed by atoms with E-state index in [9.17, 15) is 4.79 Å². The smallest absolute Gasteiger partial charge is 0.230 e. The highest BCUT2D eigenvalue weighted by Gasteiger charge is 2.13. The molecule has 0 aliphatic heterocycles. The average Bonchev–Trinajstić information content (AvgIpc) is 2.89. The number of aromatic nitrogens is 3. The maximum absolute atomic E-state index is 11.8. The third kappa shape index (κ3) is 4.56. The lowest BCUT2D eigenvalue weighted by Gasteiger charge is -2.10. The molecule has 0 bridgehead atoms. The van der Waals surface area contributed by atoms with E-state index in [1.165, 1.54) is 22.9 Å². The molecule has 2 aromatic rings. The quantitative estimate of drug-likeness (QED) is 0.620. The molecule has 0 spiro atoms. The van der Waals surface area contributed by atoms with Gasteiger partial charge in [-0.1, -0.05) is 17.8 Å². The van der Waals surface area contributed by atoms with Gasteiger partial charge in [-0.15, -0.1) is 10.2 Å². The van der Waals surface area contributed by atoms with Crippen LogP contribution < -0.4 is 5.32 Å². The van der Waals surface area contributed by atoms with Gasteiger partial charge in [0.2, 0.25) is 5.91 Å². The van der Waals surface area contributed by atoms with Crippen LogP contribution in [0.5, 0.6) is 0 Å². The van der Waals surface area contributed by atoms with Gasteiger partial charge < -0.3 is 10.1 Å². The van der Waals surface area contributed by atoms with Crippen molar-refractivity contribution < 1.29 is 9.53 Å². The van der Waals surface area contributed by atoms with Crippen LogP contribution in [0.4, 0.5) is 0 Å². The zero-order valence-corrected chi connectivity index (χ0v) is 14.7. The van der Waals surface area contributed by atoms with Gasteiger partial charge in [-0.25, -0.2) is 0 Å². The summed E-state index contributed by atoms with van der Waals surface area (Å²) >= 11 is 1.38. The first-order valence-corrected chi connectivity index (χ1v) is 8.39. The first-order chi connectivity index (χ1) is 11.0. The van der Waals surface area contributed by atoms with Crippen LogP contribution in [0.25, 0.3) is 5.69 Å². The number of nitrogens with zero attached hydrogens (tertiary/aromatic N) is 3. The Morgan fingerprint density at radius 1 is 1.26 bits per heavy atom. The molecule has 0 fully saturated rings. The number of hydrogen-bond donors (Lipinski definition) is 1. The minimum Gasteiger partial charge on any atom is -0.383 e. The van der Waals surface area contributed by atoms with Crippen molar-refractivity contribution in [3.8, 4) is 5.69 Å². The third-order valence-corrected chi connectivity index (χ3v) is 4.43. The SMILES string of the molecule is COCCNC(=O)CSc1nnc(C)n1-c1ccc(C)c(C)c1. The molecule has 1 aromatic carbocycles. The highest BCUT2D eigenvalue weighted by atomic mass is 32.2. The van der Waals surface area contributed by atoms with Crippen molar-refractivity contribution in [2.45, 2.75) is 25.9 Å². The lowest BCUT2D eigenvalue weighted by Crippen LogP contribution is -2.28. The lowest BCUT2D eigenvalue weighted by atomic mass is 10.1. The Hall–Kier alpha value is -1.86. The molecule has 23 heavy (non-hydrogen) atoms. The van der Waals surface area contributed by atoms with Gasteiger partial charge in [0, 0.05) is 19.3 Å². The molecule has 1 aromatic heterocycles. The van der Waals surface area contributed by atoms with Gasteiger partial charge in [0.15, 0.2) is 5.16 Å². The molecular weight excluding hydrogens is 312 g/mol. The number of carbonyl (C=O) groups is 1. The summed E-state index contributed by atoms with van der Waals surface area (Å²) in [6, 6.07) is 6.23. The van der Waals surface area contributed by atoms with Gasteiger partial charge in [-0.05, 0) is 44.0 Å². The van der Waals surface area contributed by atoms with Crippen LogP contribution in [0.3, 0.4) is 0 Å². The fraction of sp³-hybridized carbons (Fsp3) is 0.438. The number of ether oxygens (including phenoxy) is 1. The minimum atomic E-state index is -0.0423.